The number of rotatable bonds is 3. The van der Waals surface area contributed by atoms with Crippen molar-refractivity contribution in [3.8, 4) is 0 Å². The zero-order valence-electron chi connectivity index (χ0n) is 5.80. The summed E-state index contributed by atoms with van der Waals surface area (Å²) in [5.41, 5.74) is 5.25. The Balaban J connectivity index is 3.99. The van der Waals surface area contributed by atoms with Gasteiger partial charge >= 0.3 is 0 Å². The van der Waals surface area contributed by atoms with Gasteiger partial charge in [-0.15, -0.1) is 6.58 Å². The molecular weight excluding hydrogens is 110 g/mol. The molecule has 0 radical (unpaired) electrons. The molecule has 0 bridgehead atoms. The Kier molecular flexibility index (Phi) is 2.96. The van der Waals surface area contributed by atoms with E-state index in [-0.39, 0.29) is 0 Å². The normalized spacial score (nSPS) is 17.1. The summed E-state index contributed by atoms with van der Waals surface area (Å²) in [5, 5.41) is 0. The first-order valence-electron chi connectivity index (χ1n) is 2.85. The van der Waals surface area contributed by atoms with Gasteiger partial charge in [-0.3, -0.25) is 0 Å². The van der Waals surface area contributed by atoms with Crippen LogP contribution in [0, 0.1) is 0 Å². The molecular formula is C8H13N. The second kappa shape index (κ2) is 3.25. The predicted octanol–water partition coefficient (Wildman–Crippen LogP) is 1.63. The van der Waals surface area contributed by atoms with E-state index >= 15 is 0 Å². The van der Waals surface area contributed by atoms with Crippen molar-refractivity contribution in [2.45, 2.75) is 12.5 Å². The van der Waals surface area contributed by atoms with Crippen molar-refractivity contribution in [3.05, 3.63) is 37.5 Å². The summed E-state index contributed by atoms with van der Waals surface area (Å²) < 4.78 is 0. The van der Waals surface area contributed by atoms with Gasteiger partial charge in [0.2, 0.25) is 0 Å². The van der Waals surface area contributed by atoms with E-state index < -0.39 is 5.54 Å². The fraction of sp³-hybridized carbons (Fsp3) is 0.250. The Bertz CT molecular complexity index is 132. The van der Waals surface area contributed by atoms with E-state index in [9.17, 15) is 0 Å². The molecule has 1 nitrogen and oxygen atoms in total. The lowest BCUT2D eigenvalue weighted by atomic mass is 10.0. The molecule has 1 heteroatoms. The second-order valence-electron chi connectivity index (χ2n) is 2.16. The maximum atomic E-state index is 5.65. The highest BCUT2D eigenvalue weighted by Gasteiger charge is 2.05. The summed E-state index contributed by atoms with van der Waals surface area (Å²) in [5.74, 6) is 0. The molecule has 0 saturated carbocycles. The molecule has 0 rings (SSSR count). The van der Waals surface area contributed by atoms with E-state index in [0.717, 1.165) is 0 Å². The zero-order chi connectivity index (χ0) is 7.33. The number of nitrogens with two attached hydrogens (primary N) is 1. The van der Waals surface area contributed by atoms with Crippen molar-refractivity contribution < 1.29 is 0 Å². The summed E-state index contributed by atoms with van der Waals surface area (Å²) in [7, 11) is 0. The first-order chi connectivity index (χ1) is 4.12. The number of hydrogen-bond acceptors (Lipinski definition) is 1. The SMILES string of the molecule is C=CC=CC(C)(N)C=C. The maximum absolute atomic E-state index is 5.65. The Morgan fingerprint density at radius 1 is 1.44 bits per heavy atom. The fourth-order valence-corrected chi connectivity index (χ4v) is 0.343. The smallest absolute Gasteiger partial charge is 0.0496 e. The lowest BCUT2D eigenvalue weighted by Gasteiger charge is -2.12. The molecule has 0 fully saturated rings. The van der Waals surface area contributed by atoms with Crippen molar-refractivity contribution in [3.63, 3.8) is 0 Å². The van der Waals surface area contributed by atoms with Crippen LogP contribution in [0.1, 0.15) is 6.92 Å². The Morgan fingerprint density at radius 2 is 2.00 bits per heavy atom. The Morgan fingerprint density at radius 3 is 2.33 bits per heavy atom. The fourth-order valence-electron chi connectivity index (χ4n) is 0.343. The standard InChI is InChI=1S/C8H13N/c1-4-6-7-8(3,9)5-2/h4-7H,1-2,9H2,3H3. The average Bonchev–Trinajstić information content (AvgIpc) is 1.84. The van der Waals surface area contributed by atoms with E-state index in [1.165, 1.54) is 0 Å². The van der Waals surface area contributed by atoms with Crippen LogP contribution in [-0.4, -0.2) is 5.54 Å². The van der Waals surface area contributed by atoms with Crippen LogP contribution in [-0.2, 0) is 0 Å². The van der Waals surface area contributed by atoms with Crippen LogP contribution < -0.4 is 5.73 Å². The highest BCUT2D eigenvalue weighted by molar-refractivity contribution is 5.15. The molecule has 0 aromatic carbocycles. The topological polar surface area (TPSA) is 26.0 Å². The third-order valence-electron chi connectivity index (χ3n) is 1.03. The van der Waals surface area contributed by atoms with Crippen molar-refractivity contribution in [1.29, 1.82) is 0 Å². The van der Waals surface area contributed by atoms with Gasteiger partial charge in [0.15, 0.2) is 0 Å². The molecule has 0 heterocycles. The van der Waals surface area contributed by atoms with E-state index in [2.05, 4.69) is 13.2 Å². The minimum Gasteiger partial charge on any atom is -0.319 e. The third-order valence-corrected chi connectivity index (χ3v) is 1.03. The minimum absolute atomic E-state index is 0.395. The molecule has 2 N–H and O–H groups in total. The summed E-state index contributed by atoms with van der Waals surface area (Å²) in [6.45, 7) is 8.97. The zero-order valence-corrected chi connectivity index (χ0v) is 5.80. The van der Waals surface area contributed by atoms with Crippen LogP contribution in [0.3, 0.4) is 0 Å². The van der Waals surface area contributed by atoms with Gasteiger partial charge < -0.3 is 5.73 Å². The van der Waals surface area contributed by atoms with E-state index in [1.54, 1.807) is 12.2 Å². The lowest BCUT2D eigenvalue weighted by molar-refractivity contribution is 0.737. The molecule has 9 heavy (non-hydrogen) atoms. The highest BCUT2D eigenvalue weighted by Crippen LogP contribution is 2.00. The van der Waals surface area contributed by atoms with Crippen LogP contribution in [0.25, 0.3) is 0 Å². The molecule has 0 aliphatic carbocycles. The van der Waals surface area contributed by atoms with Crippen LogP contribution in [0.2, 0.25) is 0 Å². The van der Waals surface area contributed by atoms with Crippen molar-refractivity contribution in [2.24, 2.45) is 5.73 Å². The van der Waals surface area contributed by atoms with E-state index in [1.807, 2.05) is 19.1 Å². The second-order valence-corrected chi connectivity index (χ2v) is 2.16. The van der Waals surface area contributed by atoms with Gasteiger partial charge in [0.25, 0.3) is 0 Å². The van der Waals surface area contributed by atoms with Crippen molar-refractivity contribution in [1.82, 2.24) is 0 Å². The quantitative estimate of drug-likeness (QED) is 0.448. The third kappa shape index (κ3) is 3.74. The average molecular weight is 123 g/mol. The number of hydrogen-bond donors (Lipinski definition) is 1. The van der Waals surface area contributed by atoms with Gasteiger partial charge in [-0.25, -0.2) is 0 Å². The van der Waals surface area contributed by atoms with Crippen LogP contribution >= 0.6 is 0 Å². The molecule has 0 aromatic heterocycles. The van der Waals surface area contributed by atoms with Gasteiger partial charge in [0.1, 0.15) is 0 Å². The van der Waals surface area contributed by atoms with Gasteiger partial charge in [-0.2, -0.15) is 0 Å². The molecule has 0 amide bonds. The molecule has 0 saturated heterocycles. The Hall–Kier alpha value is -0.820. The first kappa shape index (κ1) is 8.18. The van der Waals surface area contributed by atoms with Gasteiger partial charge in [-0.1, -0.05) is 30.9 Å². The van der Waals surface area contributed by atoms with Crippen LogP contribution in [0.5, 0.6) is 0 Å². The molecule has 1 unspecified atom stereocenters. The molecule has 50 valence electrons. The molecule has 0 aliphatic rings. The minimum atomic E-state index is -0.395. The molecule has 0 spiro atoms. The summed E-state index contributed by atoms with van der Waals surface area (Å²) in [4.78, 5) is 0. The number of allylic oxidation sites excluding steroid dienone is 2. The Labute approximate surface area is 56.6 Å². The van der Waals surface area contributed by atoms with Gasteiger partial charge in [0.05, 0.1) is 0 Å². The van der Waals surface area contributed by atoms with Gasteiger partial charge in [-0.05, 0) is 6.92 Å². The summed E-state index contributed by atoms with van der Waals surface area (Å²) in [6.07, 6.45) is 7.02. The van der Waals surface area contributed by atoms with Crippen LogP contribution in [0.4, 0.5) is 0 Å². The van der Waals surface area contributed by atoms with Gasteiger partial charge in [0, 0.05) is 5.54 Å². The van der Waals surface area contributed by atoms with E-state index in [4.69, 9.17) is 5.73 Å². The van der Waals surface area contributed by atoms with Crippen molar-refractivity contribution in [2.75, 3.05) is 0 Å². The highest BCUT2D eigenvalue weighted by atomic mass is 14.7. The van der Waals surface area contributed by atoms with E-state index in [0.29, 0.717) is 0 Å². The maximum Gasteiger partial charge on any atom is 0.0496 e. The van der Waals surface area contributed by atoms with Crippen LogP contribution in [0.15, 0.2) is 37.5 Å². The molecule has 0 aliphatic heterocycles. The summed E-state index contributed by atoms with van der Waals surface area (Å²) in [6, 6.07) is 0. The summed E-state index contributed by atoms with van der Waals surface area (Å²) >= 11 is 0. The molecule has 1 atom stereocenters. The monoisotopic (exact) mass is 123 g/mol. The lowest BCUT2D eigenvalue weighted by Crippen LogP contribution is -2.30. The first-order valence-corrected chi connectivity index (χ1v) is 2.85. The van der Waals surface area contributed by atoms with Crippen molar-refractivity contribution >= 4 is 0 Å². The predicted molar refractivity (Wildman–Crippen MR) is 42.1 cm³/mol. The molecule has 0 aromatic rings. The largest absolute Gasteiger partial charge is 0.319 e.